The average Bonchev–Trinajstić information content (AvgIpc) is 2.95. The summed E-state index contributed by atoms with van der Waals surface area (Å²) in [4.78, 5) is 43.3. The molecular formula is C30H28Cl2F7N3O4. The van der Waals surface area contributed by atoms with Crippen molar-refractivity contribution < 1.29 is 49.9 Å². The van der Waals surface area contributed by atoms with E-state index in [9.17, 15) is 45.1 Å². The average molecular weight is 698 g/mol. The maximum atomic E-state index is 14.4. The summed E-state index contributed by atoms with van der Waals surface area (Å²) >= 11 is 12.0. The van der Waals surface area contributed by atoms with Crippen LogP contribution in [0.5, 0.6) is 0 Å². The smallest absolute Gasteiger partial charge is 0.433 e. The van der Waals surface area contributed by atoms with Crippen molar-refractivity contribution >= 4 is 46.6 Å². The van der Waals surface area contributed by atoms with Gasteiger partial charge in [-0.15, -0.1) is 0 Å². The topological polar surface area (TPSA) is 102 Å². The summed E-state index contributed by atoms with van der Waals surface area (Å²) in [5.41, 5.74) is 1.29. The van der Waals surface area contributed by atoms with E-state index in [1.54, 1.807) is 6.92 Å². The van der Waals surface area contributed by atoms with Crippen molar-refractivity contribution in [1.82, 2.24) is 4.90 Å². The zero-order valence-corrected chi connectivity index (χ0v) is 25.7. The van der Waals surface area contributed by atoms with E-state index >= 15 is 0 Å². The Morgan fingerprint density at radius 3 is 2.07 bits per heavy atom. The second-order valence-electron chi connectivity index (χ2n) is 10.3. The van der Waals surface area contributed by atoms with Crippen LogP contribution in [0.25, 0.3) is 0 Å². The highest BCUT2D eigenvalue weighted by Crippen LogP contribution is 2.33. The predicted octanol–water partition coefficient (Wildman–Crippen LogP) is 7.39. The number of alkyl halides is 5. The Balaban J connectivity index is 2.00. The number of nitrogens with zero attached hydrogens (tertiary/aromatic N) is 2. The molecule has 1 amide bonds. The number of hydrogen-bond acceptors (Lipinski definition) is 6. The fraction of sp³-hybridized carbons (Fsp3) is 0.400. The first-order chi connectivity index (χ1) is 21.5. The van der Waals surface area contributed by atoms with E-state index in [0.717, 1.165) is 24.3 Å². The van der Waals surface area contributed by atoms with Gasteiger partial charge >= 0.3 is 12.1 Å². The zero-order chi connectivity index (χ0) is 34.3. The van der Waals surface area contributed by atoms with Crippen LogP contribution in [0.2, 0.25) is 10.0 Å². The second kappa shape index (κ2) is 15.8. The number of carbonyl (C=O) groups is 3. The predicted molar refractivity (Wildman–Crippen MR) is 156 cm³/mol. The summed E-state index contributed by atoms with van der Waals surface area (Å²) in [7, 11) is 0. The second-order valence-corrected chi connectivity index (χ2v) is 11.2. The Morgan fingerprint density at radius 1 is 1.02 bits per heavy atom. The molecule has 250 valence electrons. The van der Waals surface area contributed by atoms with Gasteiger partial charge in [0.2, 0.25) is 0 Å². The quantitative estimate of drug-likeness (QED) is 0.0868. The van der Waals surface area contributed by atoms with Crippen LogP contribution in [-0.2, 0) is 20.9 Å². The molecule has 0 aliphatic heterocycles. The van der Waals surface area contributed by atoms with Crippen LogP contribution in [-0.4, -0.2) is 53.6 Å². The summed E-state index contributed by atoms with van der Waals surface area (Å²) in [5, 5.41) is -1.05. The SMILES string of the molecule is CCOC(=O)C1CCC(N=C(C(=CN)C(=O)N(CC(=O)c2c(Cl)cc(C(F)F)cc2Cl)Cc2cc(F)cc(F)c2)C(F)(F)F)CC1. The molecule has 1 fully saturated rings. The van der Waals surface area contributed by atoms with Crippen molar-refractivity contribution in [2.24, 2.45) is 16.6 Å². The number of esters is 1. The van der Waals surface area contributed by atoms with Gasteiger partial charge in [0.25, 0.3) is 12.3 Å². The number of ether oxygens (including phenoxy) is 1. The van der Waals surface area contributed by atoms with Crippen LogP contribution in [0.1, 0.15) is 60.5 Å². The lowest BCUT2D eigenvalue weighted by Gasteiger charge is -2.27. The lowest BCUT2D eigenvalue weighted by atomic mass is 9.86. The summed E-state index contributed by atoms with van der Waals surface area (Å²) in [6, 6.07) is 2.66. The molecule has 0 unspecified atom stereocenters. The first-order valence-corrected chi connectivity index (χ1v) is 14.6. The van der Waals surface area contributed by atoms with Gasteiger partial charge in [-0.2, -0.15) is 13.2 Å². The number of hydrogen-bond donors (Lipinski definition) is 1. The van der Waals surface area contributed by atoms with Gasteiger partial charge in [0.15, 0.2) is 11.5 Å². The van der Waals surface area contributed by atoms with Crippen LogP contribution < -0.4 is 5.73 Å². The molecule has 3 rings (SSSR count). The maximum absolute atomic E-state index is 14.4. The lowest BCUT2D eigenvalue weighted by molar-refractivity contribution is -0.149. The standard InChI is InChI=1S/C30H28Cl2F7N3O4/c1-2-46-29(45)16-3-5-20(6-4-16)41-26(30(37,38)39)21(12-40)28(44)42(13-15-7-18(33)11-19(34)8-15)14-24(43)25-22(31)9-17(27(35)36)10-23(25)32/h7-12,16,20,27H,2-6,13-14,40H2,1H3. The molecule has 2 aromatic carbocycles. The minimum atomic E-state index is -5.22. The van der Waals surface area contributed by atoms with Crippen LogP contribution in [0, 0.1) is 17.6 Å². The van der Waals surface area contributed by atoms with E-state index in [1.807, 2.05) is 0 Å². The molecule has 0 bridgehead atoms. The van der Waals surface area contributed by atoms with E-state index < -0.39 is 99.4 Å². The first-order valence-electron chi connectivity index (χ1n) is 13.8. The van der Waals surface area contributed by atoms with Gasteiger partial charge in [-0.25, -0.2) is 17.6 Å². The van der Waals surface area contributed by atoms with Crippen molar-refractivity contribution in [3.63, 3.8) is 0 Å². The van der Waals surface area contributed by atoms with E-state index in [2.05, 4.69) is 4.99 Å². The molecule has 0 spiro atoms. The number of ketones is 1. The first kappa shape index (κ1) is 36.8. The van der Waals surface area contributed by atoms with Gasteiger partial charge in [-0.05, 0) is 62.4 Å². The summed E-state index contributed by atoms with van der Waals surface area (Å²) in [6.45, 7) is -0.0914. The van der Waals surface area contributed by atoms with E-state index in [0.29, 0.717) is 17.2 Å². The zero-order valence-electron chi connectivity index (χ0n) is 24.2. The number of aliphatic imine (C=N–C) groups is 1. The number of carbonyl (C=O) groups excluding carboxylic acids is 3. The molecule has 0 atom stereocenters. The van der Waals surface area contributed by atoms with E-state index in [4.69, 9.17) is 33.7 Å². The molecular weight excluding hydrogens is 670 g/mol. The van der Waals surface area contributed by atoms with Crippen molar-refractivity contribution in [2.75, 3.05) is 13.2 Å². The Hall–Kier alpha value is -3.65. The molecule has 2 N–H and O–H groups in total. The van der Waals surface area contributed by atoms with Gasteiger partial charge in [0.1, 0.15) is 11.6 Å². The van der Waals surface area contributed by atoms with E-state index in [-0.39, 0.29) is 37.9 Å². The highest BCUT2D eigenvalue weighted by molar-refractivity contribution is 6.40. The third-order valence-corrected chi connectivity index (χ3v) is 7.66. The van der Waals surface area contributed by atoms with Crippen molar-refractivity contribution in [2.45, 2.75) is 57.8 Å². The number of nitrogens with two attached hydrogens (primary N) is 1. The van der Waals surface area contributed by atoms with Crippen molar-refractivity contribution in [1.29, 1.82) is 0 Å². The Bertz CT molecular complexity index is 1480. The molecule has 0 aromatic heterocycles. The molecule has 1 aliphatic carbocycles. The highest BCUT2D eigenvalue weighted by Gasteiger charge is 2.43. The van der Waals surface area contributed by atoms with Crippen LogP contribution >= 0.6 is 23.2 Å². The fourth-order valence-electron chi connectivity index (χ4n) is 4.96. The summed E-state index contributed by atoms with van der Waals surface area (Å²) in [6.07, 6.45) is -7.39. The number of rotatable bonds is 11. The van der Waals surface area contributed by atoms with Gasteiger partial charge in [-0.1, -0.05) is 23.2 Å². The number of halogens is 9. The third kappa shape index (κ3) is 9.44. The van der Waals surface area contributed by atoms with Gasteiger partial charge in [0, 0.05) is 24.4 Å². The maximum Gasteiger partial charge on any atom is 0.433 e. The Morgan fingerprint density at radius 2 is 1.59 bits per heavy atom. The van der Waals surface area contributed by atoms with Crippen molar-refractivity contribution in [3.8, 4) is 0 Å². The fourth-order valence-corrected chi connectivity index (χ4v) is 5.67. The van der Waals surface area contributed by atoms with Crippen molar-refractivity contribution in [3.05, 3.63) is 80.5 Å². The number of benzene rings is 2. The summed E-state index contributed by atoms with van der Waals surface area (Å²) in [5.74, 6) is -5.72. The monoisotopic (exact) mass is 697 g/mol. The van der Waals surface area contributed by atoms with Crippen LogP contribution in [0.4, 0.5) is 30.7 Å². The molecule has 1 aliphatic rings. The van der Waals surface area contributed by atoms with E-state index in [1.165, 1.54) is 0 Å². The molecule has 0 radical (unpaired) electrons. The third-order valence-electron chi connectivity index (χ3n) is 7.06. The minimum Gasteiger partial charge on any atom is -0.466 e. The Kier molecular flexibility index (Phi) is 12.6. The number of amides is 1. The van der Waals surface area contributed by atoms with Crippen LogP contribution in [0.15, 0.2) is 47.1 Å². The van der Waals surface area contributed by atoms with Crippen LogP contribution in [0.3, 0.4) is 0 Å². The largest absolute Gasteiger partial charge is 0.466 e. The molecule has 46 heavy (non-hydrogen) atoms. The normalized spacial score (nSPS) is 17.6. The molecule has 0 heterocycles. The molecule has 1 saturated carbocycles. The molecule has 7 nitrogen and oxygen atoms in total. The molecule has 16 heteroatoms. The number of Topliss-reactive ketones (excluding diaryl/α,β-unsaturated/α-hetero) is 1. The minimum absolute atomic E-state index is 0.0610. The van der Waals surface area contributed by atoms with Gasteiger partial charge < -0.3 is 15.4 Å². The Labute approximate surface area is 269 Å². The molecule has 2 aromatic rings. The lowest BCUT2D eigenvalue weighted by Crippen LogP contribution is -2.41. The highest BCUT2D eigenvalue weighted by atomic mass is 35.5. The van der Waals surface area contributed by atoms with Gasteiger partial charge in [-0.3, -0.25) is 19.4 Å². The summed E-state index contributed by atoms with van der Waals surface area (Å²) < 4.78 is 102. The molecule has 0 saturated heterocycles. The van der Waals surface area contributed by atoms with Gasteiger partial charge in [0.05, 0.1) is 46.3 Å².